The first-order valence-corrected chi connectivity index (χ1v) is 7.98. The van der Waals surface area contributed by atoms with Crippen LogP contribution in [-0.4, -0.2) is 20.9 Å². The Labute approximate surface area is 155 Å². The van der Waals surface area contributed by atoms with Crippen molar-refractivity contribution in [1.82, 2.24) is 14.8 Å². The lowest BCUT2D eigenvalue weighted by Crippen LogP contribution is -2.22. The molecule has 0 unspecified atom stereocenters. The van der Waals surface area contributed by atoms with Gasteiger partial charge >= 0.3 is 6.09 Å². The third-order valence-corrected chi connectivity index (χ3v) is 3.45. The van der Waals surface area contributed by atoms with Crippen molar-refractivity contribution in [2.24, 2.45) is 7.05 Å². The summed E-state index contributed by atoms with van der Waals surface area (Å²) in [6, 6.07) is 9.37. The van der Waals surface area contributed by atoms with E-state index in [-0.39, 0.29) is 16.6 Å². The summed E-state index contributed by atoms with van der Waals surface area (Å²) in [5.41, 5.74) is 1.59. The number of allylic oxidation sites excluding steroid dienone is 1. The molecule has 0 saturated heterocycles. The zero-order valence-electron chi connectivity index (χ0n) is 14.8. The average molecular weight is 368 g/mol. The monoisotopic (exact) mass is 368 g/mol. The minimum atomic E-state index is -1.16. The van der Waals surface area contributed by atoms with Crippen molar-refractivity contribution < 1.29 is 18.7 Å². The molecule has 3 aromatic rings. The quantitative estimate of drug-likeness (QED) is 0.485. The Kier molecular flexibility index (Phi) is 5.16. The molecule has 138 valence electrons. The van der Waals surface area contributed by atoms with Crippen LogP contribution >= 0.6 is 0 Å². The number of anilines is 1. The van der Waals surface area contributed by atoms with E-state index in [1.54, 1.807) is 41.3 Å². The molecule has 0 aliphatic rings. The van der Waals surface area contributed by atoms with Crippen molar-refractivity contribution in [3.05, 3.63) is 67.3 Å². The molecule has 3 rings (SSSR count). The number of ether oxygens (including phenoxy) is 2. The molecule has 2 aromatic heterocycles. The highest BCUT2D eigenvalue weighted by atomic mass is 19.2. The summed E-state index contributed by atoms with van der Waals surface area (Å²) in [5.74, 6) is 1.14. The van der Waals surface area contributed by atoms with E-state index in [0.29, 0.717) is 11.5 Å². The van der Waals surface area contributed by atoms with Gasteiger partial charge in [0.05, 0.1) is 23.3 Å². The maximum atomic E-state index is 14.0. The van der Waals surface area contributed by atoms with Crippen LogP contribution in [0.15, 0.2) is 67.3 Å². The number of hydrogen-bond acceptors (Lipinski definition) is 5. The molecule has 0 aliphatic carbocycles. The van der Waals surface area contributed by atoms with Gasteiger partial charge in [0.25, 0.3) is 0 Å². The fraction of sp³-hybridized carbons (Fsp3) is 0.105. The SMILES string of the molecule is C=C(C)OC(=O)N(F)c1ccc(Oc2ccnc(-c3cnn(C)c3)c2)cc1. The highest BCUT2D eigenvalue weighted by Gasteiger charge is 2.17. The van der Waals surface area contributed by atoms with Crippen molar-refractivity contribution in [1.29, 1.82) is 0 Å². The van der Waals surface area contributed by atoms with E-state index in [1.165, 1.54) is 19.1 Å². The van der Waals surface area contributed by atoms with Crippen LogP contribution in [0.2, 0.25) is 0 Å². The van der Waals surface area contributed by atoms with Crippen molar-refractivity contribution in [3.63, 3.8) is 0 Å². The summed E-state index contributed by atoms with van der Waals surface area (Å²) >= 11 is 0. The first kappa shape index (κ1) is 18.1. The molecule has 1 amide bonds. The van der Waals surface area contributed by atoms with Gasteiger partial charge in [-0.15, -0.1) is 5.12 Å². The van der Waals surface area contributed by atoms with Crippen molar-refractivity contribution >= 4 is 11.8 Å². The van der Waals surface area contributed by atoms with Crippen LogP contribution in [0.4, 0.5) is 15.0 Å². The summed E-state index contributed by atoms with van der Waals surface area (Å²) in [7, 11) is 1.83. The summed E-state index contributed by atoms with van der Waals surface area (Å²) in [5, 5.41) is 4.01. The zero-order valence-corrected chi connectivity index (χ0v) is 14.8. The minimum Gasteiger partial charge on any atom is -0.457 e. The number of hydrogen-bond donors (Lipinski definition) is 0. The Bertz CT molecular complexity index is 969. The van der Waals surface area contributed by atoms with E-state index in [4.69, 9.17) is 4.74 Å². The van der Waals surface area contributed by atoms with Gasteiger partial charge in [0.2, 0.25) is 0 Å². The van der Waals surface area contributed by atoms with E-state index >= 15 is 0 Å². The van der Waals surface area contributed by atoms with Crippen LogP contribution in [0.1, 0.15) is 6.92 Å². The maximum Gasteiger partial charge on any atom is 0.448 e. The zero-order chi connectivity index (χ0) is 19.4. The molecule has 0 saturated carbocycles. The summed E-state index contributed by atoms with van der Waals surface area (Å²) in [4.78, 5) is 15.8. The number of carbonyl (C=O) groups excluding carboxylic acids is 1. The molecule has 8 heteroatoms. The number of carbonyl (C=O) groups is 1. The van der Waals surface area contributed by atoms with Crippen LogP contribution in [0.5, 0.6) is 11.5 Å². The van der Waals surface area contributed by atoms with Crippen LogP contribution in [-0.2, 0) is 11.8 Å². The molecular formula is C19H17FN4O3. The van der Waals surface area contributed by atoms with Crippen LogP contribution in [0.25, 0.3) is 11.3 Å². The number of halogens is 1. The van der Waals surface area contributed by atoms with Gasteiger partial charge in [-0.05, 0) is 37.3 Å². The Balaban J connectivity index is 1.71. The molecule has 0 aliphatic heterocycles. The number of rotatable bonds is 5. The molecule has 0 spiro atoms. The Morgan fingerprint density at radius 2 is 1.96 bits per heavy atom. The van der Waals surface area contributed by atoms with E-state index in [9.17, 15) is 9.28 Å². The van der Waals surface area contributed by atoms with Crippen LogP contribution < -0.4 is 9.86 Å². The number of aryl methyl sites for hydroxylation is 1. The molecule has 7 nitrogen and oxygen atoms in total. The second kappa shape index (κ2) is 7.69. The molecule has 1 aromatic carbocycles. The first-order chi connectivity index (χ1) is 12.9. The highest BCUT2D eigenvalue weighted by molar-refractivity contribution is 5.85. The second-order valence-corrected chi connectivity index (χ2v) is 5.73. The first-order valence-electron chi connectivity index (χ1n) is 7.98. The summed E-state index contributed by atoms with van der Waals surface area (Å²) in [6.07, 6.45) is 4.02. The average Bonchev–Trinajstić information content (AvgIpc) is 3.08. The predicted octanol–water partition coefficient (Wildman–Crippen LogP) is 4.64. The number of pyridine rings is 1. The molecule has 0 N–H and O–H groups in total. The molecule has 0 radical (unpaired) electrons. The molecule has 0 atom stereocenters. The van der Waals surface area contributed by atoms with Gasteiger partial charge in [-0.3, -0.25) is 9.67 Å². The van der Waals surface area contributed by atoms with E-state index in [2.05, 4.69) is 21.4 Å². The Morgan fingerprint density at radius 1 is 1.22 bits per heavy atom. The maximum absolute atomic E-state index is 14.0. The summed E-state index contributed by atoms with van der Waals surface area (Å²) < 4.78 is 26.0. The van der Waals surface area contributed by atoms with E-state index < -0.39 is 6.09 Å². The van der Waals surface area contributed by atoms with Gasteiger partial charge in [0.15, 0.2) is 0 Å². The van der Waals surface area contributed by atoms with Crippen LogP contribution in [0, 0.1) is 0 Å². The fourth-order valence-corrected chi connectivity index (χ4v) is 2.26. The Hall–Kier alpha value is -3.68. The lowest BCUT2D eigenvalue weighted by Gasteiger charge is -2.12. The smallest absolute Gasteiger partial charge is 0.448 e. The molecule has 2 heterocycles. The number of nitrogens with zero attached hydrogens (tertiary/aromatic N) is 4. The molecule has 0 fully saturated rings. The van der Waals surface area contributed by atoms with Gasteiger partial charge in [-0.25, -0.2) is 4.79 Å². The number of aromatic nitrogens is 3. The third-order valence-electron chi connectivity index (χ3n) is 3.45. The van der Waals surface area contributed by atoms with Gasteiger partial charge in [-0.1, -0.05) is 11.1 Å². The van der Waals surface area contributed by atoms with Gasteiger partial charge in [0.1, 0.15) is 11.5 Å². The van der Waals surface area contributed by atoms with Crippen molar-refractivity contribution in [2.75, 3.05) is 5.12 Å². The highest BCUT2D eigenvalue weighted by Crippen LogP contribution is 2.27. The minimum absolute atomic E-state index is 0.0133. The van der Waals surface area contributed by atoms with E-state index in [1.807, 2.05) is 13.2 Å². The predicted molar refractivity (Wildman–Crippen MR) is 97.8 cm³/mol. The van der Waals surface area contributed by atoms with Crippen molar-refractivity contribution in [2.45, 2.75) is 6.92 Å². The molecule has 27 heavy (non-hydrogen) atoms. The standard InChI is InChI=1S/C19H17FN4O3/c1-13(2)26-19(25)24(20)15-4-6-16(7-5-15)27-17-8-9-21-18(10-17)14-11-22-23(3)12-14/h4-12H,1H2,2-3H3. The summed E-state index contributed by atoms with van der Waals surface area (Å²) in [6.45, 7) is 4.85. The number of benzene rings is 1. The molecular weight excluding hydrogens is 351 g/mol. The lowest BCUT2D eigenvalue weighted by molar-refractivity contribution is 0.169. The normalized spacial score (nSPS) is 10.3. The largest absolute Gasteiger partial charge is 0.457 e. The molecule has 0 bridgehead atoms. The third kappa shape index (κ3) is 4.49. The van der Waals surface area contributed by atoms with Crippen LogP contribution in [0.3, 0.4) is 0 Å². The second-order valence-electron chi connectivity index (χ2n) is 5.73. The van der Waals surface area contributed by atoms with Gasteiger partial charge in [0, 0.05) is 31.1 Å². The van der Waals surface area contributed by atoms with E-state index in [0.717, 1.165) is 11.3 Å². The lowest BCUT2D eigenvalue weighted by atomic mass is 10.2. The number of amides is 1. The fourth-order valence-electron chi connectivity index (χ4n) is 2.26. The van der Waals surface area contributed by atoms with Crippen molar-refractivity contribution in [3.8, 4) is 22.8 Å². The van der Waals surface area contributed by atoms with Gasteiger partial charge in [-0.2, -0.15) is 5.10 Å². The van der Waals surface area contributed by atoms with Gasteiger partial charge < -0.3 is 9.47 Å². The topological polar surface area (TPSA) is 69.5 Å². The Morgan fingerprint density at radius 3 is 2.59 bits per heavy atom.